The smallest absolute Gasteiger partial charge is 0.364 e. The fraction of sp³-hybridized carbons (Fsp3) is 0.786. The predicted molar refractivity (Wildman–Crippen MR) is 138 cm³/mol. The minimum absolute atomic E-state index is 0.0796. The quantitative estimate of drug-likeness (QED) is 0.365. The van der Waals surface area contributed by atoms with Crippen molar-refractivity contribution in [3.05, 3.63) is 23.8 Å². The highest BCUT2D eigenvalue weighted by Gasteiger charge is 2.47. The van der Waals surface area contributed by atoms with Gasteiger partial charge in [-0.15, -0.1) is 0 Å². The van der Waals surface area contributed by atoms with E-state index in [0.29, 0.717) is 40.7 Å². The maximum atomic E-state index is 14.8. The molecule has 4 rings (SSSR count). The van der Waals surface area contributed by atoms with Crippen LogP contribution in [0.5, 0.6) is 11.5 Å². The normalized spacial score (nSPS) is 33.6. The molecule has 1 unspecified atom stereocenters. The highest BCUT2D eigenvalue weighted by molar-refractivity contribution is 7.54. The van der Waals surface area contributed by atoms with Gasteiger partial charge in [-0.1, -0.05) is 66.5 Å². The number of benzene rings is 1. The van der Waals surface area contributed by atoms with Gasteiger partial charge in [0.2, 0.25) is 6.79 Å². The molecule has 0 spiro atoms. The van der Waals surface area contributed by atoms with E-state index in [1.165, 1.54) is 0 Å². The van der Waals surface area contributed by atoms with Gasteiger partial charge in [-0.25, -0.2) is 0 Å². The first-order valence-corrected chi connectivity index (χ1v) is 15.2. The Morgan fingerprint density at radius 2 is 1.43 bits per heavy atom. The molecule has 198 valence electrons. The molecule has 1 aromatic carbocycles. The average molecular weight is 509 g/mol. The van der Waals surface area contributed by atoms with Crippen molar-refractivity contribution in [2.45, 2.75) is 98.1 Å². The third-order valence-corrected chi connectivity index (χ3v) is 10.5. The van der Waals surface area contributed by atoms with Gasteiger partial charge in [0.1, 0.15) is 0 Å². The Kier molecular flexibility index (Phi) is 8.58. The van der Waals surface area contributed by atoms with Crippen molar-refractivity contribution < 1.29 is 28.2 Å². The van der Waals surface area contributed by atoms with Gasteiger partial charge in [0.25, 0.3) is 0 Å². The van der Waals surface area contributed by atoms with Gasteiger partial charge in [-0.05, 0) is 67.3 Å². The number of aliphatic hydroxyl groups excluding tert-OH is 1. The van der Waals surface area contributed by atoms with Crippen molar-refractivity contribution in [2.75, 3.05) is 6.79 Å². The van der Waals surface area contributed by atoms with E-state index >= 15 is 0 Å². The lowest BCUT2D eigenvalue weighted by Gasteiger charge is -2.42. The molecule has 35 heavy (non-hydrogen) atoms. The largest absolute Gasteiger partial charge is 0.454 e. The van der Waals surface area contributed by atoms with Gasteiger partial charge < -0.3 is 23.6 Å². The lowest BCUT2D eigenvalue weighted by molar-refractivity contribution is -0.0155. The fourth-order valence-electron chi connectivity index (χ4n) is 6.32. The van der Waals surface area contributed by atoms with E-state index in [9.17, 15) is 9.67 Å². The Morgan fingerprint density at radius 3 is 1.94 bits per heavy atom. The number of ether oxygens (including phenoxy) is 2. The Morgan fingerprint density at radius 1 is 0.886 bits per heavy atom. The second kappa shape index (κ2) is 11.1. The third-order valence-electron chi connectivity index (χ3n) is 8.49. The summed E-state index contributed by atoms with van der Waals surface area (Å²) in [4.78, 5) is 0. The van der Waals surface area contributed by atoms with Crippen LogP contribution < -0.4 is 9.47 Å². The minimum Gasteiger partial charge on any atom is -0.454 e. The summed E-state index contributed by atoms with van der Waals surface area (Å²) >= 11 is 0. The van der Waals surface area contributed by atoms with Crippen LogP contribution in [0.25, 0.3) is 0 Å². The summed E-state index contributed by atoms with van der Waals surface area (Å²) in [5.41, 5.74) is 0.415. The van der Waals surface area contributed by atoms with Gasteiger partial charge in [0, 0.05) is 5.56 Å². The molecule has 0 bridgehead atoms. The van der Waals surface area contributed by atoms with Crippen molar-refractivity contribution in [1.82, 2.24) is 0 Å². The zero-order valence-electron chi connectivity index (χ0n) is 22.3. The van der Waals surface area contributed by atoms with Crippen LogP contribution in [0.3, 0.4) is 0 Å². The molecule has 1 N–H and O–H groups in total. The van der Waals surface area contributed by atoms with Gasteiger partial charge in [-0.3, -0.25) is 4.57 Å². The molecule has 2 fully saturated rings. The molecule has 0 aromatic heterocycles. The van der Waals surface area contributed by atoms with Gasteiger partial charge in [-0.2, -0.15) is 0 Å². The fourth-order valence-corrected chi connectivity index (χ4v) is 8.38. The Balaban J connectivity index is 1.69. The number of rotatable bonds is 8. The van der Waals surface area contributed by atoms with Crippen LogP contribution in [0.4, 0.5) is 0 Å². The van der Waals surface area contributed by atoms with Gasteiger partial charge >= 0.3 is 7.60 Å². The summed E-state index contributed by atoms with van der Waals surface area (Å²) < 4.78 is 39.1. The average Bonchev–Trinajstić information content (AvgIpc) is 3.27. The Bertz CT molecular complexity index is 863. The summed E-state index contributed by atoms with van der Waals surface area (Å²) in [5, 5.41) is 11.7. The maximum Gasteiger partial charge on any atom is 0.364 e. The first kappa shape index (κ1) is 27.0. The molecule has 2 aliphatic carbocycles. The Labute approximate surface area is 211 Å². The highest BCUT2D eigenvalue weighted by atomic mass is 31.2. The van der Waals surface area contributed by atoms with Crippen LogP contribution in [-0.2, 0) is 13.6 Å². The molecular formula is C28H45O6P. The van der Waals surface area contributed by atoms with Crippen LogP contribution in [0.15, 0.2) is 18.2 Å². The summed E-state index contributed by atoms with van der Waals surface area (Å²) in [6.45, 7) is 13.3. The van der Waals surface area contributed by atoms with Crippen molar-refractivity contribution in [3.63, 3.8) is 0 Å². The second-order valence-corrected chi connectivity index (χ2v) is 13.9. The molecule has 2 saturated carbocycles. The van der Waals surface area contributed by atoms with E-state index in [2.05, 4.69) is 41.5 Å². The van der Waals surface area contributed by atoms with Crippen molar-refractivity contribution >= 4 is 7.60 Å². The van der Waals surface area contributed by atoms with E-state index in [4.69, 9.17) is 18.5 Å². The highest BCUT2D eigenvalue weighted by Crippen LogP contribution is 2.65. The predicted octanol–water partition coefficient (Wildman–Crippen LogP) is 7.55. The summed E-state index contributed by atoms with van der Waals surface area (Å²) in [6.07, 6.45) is 5.57. The molecule has 1 heterocycles. The molecule has 0 amide bonds. The van der Waals surface area contributed by atoms with E-state index in [1.807, 2.05) is 0 Å². The van der Waals surface area contributed by atoms with E-state index < -0.39 is 13.4 Å². The van der Waals surface area contributed by atoms with Crippen molar-refractivity contribution in [2.24, 2.45) is 35.5 Å². The zero-order valence-corrected chi connectivity index (χ0v) is 23.2. The molecular weight excluding hydrogens is 463 g/mol. The zero-order chi connectivity index (χ0) is 25.3. The first-order valence-electron chi connectivity index (χ1n) is 13.6. The van der Waals surface area contributed by atoms with Crippen molar-refractivity contribution in [3.8, 4) is 11.5 Å². The van der Waals surface area contributed by atoms with E-state index in [1.54, 1.807) is 18.2 Å². The molecule has 3 aliphatic rings. The number of aliphatic hydroxyl groups is 1. The summed E-state index contributed by atoms with van der Waals surface area (Å²) in [5.74, 6) is 1.86. The topological polar surface area (TPSA) is 74.2 Å². The standard InChI is InChI=1S/C28H45O6P/c1-17(2)21-12-10-19(5)14-25(21)33-35(30,34-26-15-20(6)11-13-22(26)18(3)4)28(29)23-8-7-9-24-27(23)32-16-31-24/h7-9,17-22,25-26,28-29H,10-16H2,1-6H3/t19-,20-,21-,22+,25-,26-,28+,35?/m1/s1. The second-order valence-electron chi connectivity index (χ2n) is 11.9. The minimum atomic E-state index is -3.99. The lowest BCUT2D eigenvalue weighted by Crippen LogP contribution is -2.37. The van der Waals surface area contributed by atoms with Crippen LogP contribution in [0, 0.1) is 35.5 Å². The first-order chi connectivity index (χ1) is 16.6. The van der Waals surface area contributed by atoms with Crippen molar-refractivity contribution in [1.29, 1.82) is 0 Å². The van der Waals surface area contributed by atoms with Crippen LogP contribution >= 0.6 is 7.60 Å². The molecule has 0 radical (unpaired) electrons. The monoisotopic (exact) mass is 508 g/mol. The molecule has 1 aliphatic heterocycles. The van der Waals surface area contributed by atoms with Gasteiger partial charge in [0.05, 0.1) is 12.2 Å². The maximum absolute atomic E-state index is 14.8. The molecule has 1 aromatic rings. The lowest BCUT2D eigenvalue weighted by atomic mass is 9.75. The number of para-hydroxylation sites is 1. The third kappa shape index (κ3) is 5.92. The van der Waals surface area contributed by atoms with E-state index in [-0.39, 0.29) is 30.8 Å². The molecule has 7 heteroatoms. The number of hydrogen-bond donors (Lipinski definition) is 1. The summed E-state index contributed by atoms with van der Waals surface area (Å²) in [7, 11) is -3.99. The number of fused-ring (bicyclic) bond motifs is 1. The van der Waals surface area contributed by atoms with Crippen LogP contribution in [0.1, 0.15) is 91.5 Å². The van der Waals surface area contributed by atoms with Gasteiger partial charge in [0.15, 0.2) is 17.3 Å². The number of hydrogen-bond acceptors (Lipinski definition) is 6. The van der Waals surface area contributed by atoms with Crippen LogP contribution in [0.2, 0.25) is 0 Å². The van der Waals surface area contributed by atoms with Crippen LogP contribution in [-0.4, -0.2) is 24.1 Å². The SMILES string of the molecule is CC(C)[C@H]1CC[C@@H](C)C[C@H]1OP(=O)(O[C@@H]1C[C@H](C)CC[C@H]1C(C)C)[C@H](O)c1cccc2c1OCO2. The molecule has 6 nitrogen and oxygen atoms in total. The Hall–Kier alpha value is -1.07. The molecule has 0 saturated heterocycles. The summed E-state index contributed by atoms with van der Waals surface area (Å²) in [6, 6.07) is 5.32. The molecule has 8 atom stereocenters. The van der Waals surface area contributed by atoms with E-state index in [0.717, 1.165) is 38.5 Å².